The first-order valence-corrected chi connectivity index (χ1v) is 10.6. The maximum atomic E-state index is 14.6. The fraction of sp³-hybridized carbons (Fsp3) is 0.235. The average Bonchev–Trinajstić information content (AvgIpc) is 3.34. The van der Waals surface area contributed by atoms with Gasteiger partial charge in [0.05, 0.1) is 11.2 Å². The molecule has 1 aromatic carbocycles. The maximum absolute atomic E-state index is 14.6. The third-order valence-electron chi connectivity index (χ3n) is 4.31. The van der Waals surface area contributed by atoms with Crippen LogP contribution in [0.2, 0.25) is 0 Å². The number of thioether (sulfide) groups is 1. The minimum Gasteiger partial charge on any atom is -0.382 e. The molecule has 3 aromatic heterocycles. The van der Waals surface area contributed by atoms with E-state index in [0.29, 0.717) is 0 Å². The molecule has 4 rings (SSSR count). The monoisotopic (exact) mass is 424 g/mol. The van der Waals surface area contributed by atoms with Crippen LogP contribution < -0.4 is 0 Å². The highest BCUT2D eigenvalue weighted by atomic mass is 32.2. The standard InChI is InChI=1S/C17H14F2N4OS3/c1-10(26-16-12-5-25-6-15(12)27-22-16)17(24,7-23-9-20-8-21-23)13-3-2-11(18)4-14(13)19/h2-6,8-10,24H,7H2,1H3. The van der Waals surface area contributed by atoms with E-state index in [1.54, 1.807) is 18.3 Å². The quantitative estimate of drug-likeness (QED) is 0.468. The smallest absolute Gasteiger partial charge is 0.137 e. The number of aliphatic hydroxyl groups is 1. The molecule has 0 spiro atoms. The minimum atomic E-state index is -1.65. The lowest BCUT2D eigenvalue weighted by atomic mass is 9.90. The second-order valence-electron chi connectivity index (χ2n) is 6.04. The lowest BCUT2D eigenvalue weighted by Crippen LogP contribution is -2.41. The number of aromatic nitrogens is 4. The van der Waals surface area contributed by atoms with Crippen molar-refractivity contribution in [2.24, 2.45) is 0 Å². The van der Waals surface area contributed by atoms with Crippen molar-refractivity contribution in [1.29, 1.82) is 0 Å². The Morgan fingerprint density at radius 3 is 2.93 bits per heavy atom. The molecule has 3 heterocycles. The van der Waals surface area contributed by atoms with Crippen LogP contribution in [0.25, 0.3) is 10.1 Å². The summed E-state index contributed by atoms with van der Waals surface area (Å²) in [5.74, 6) is -1.50. The Kier molecular flexibility index (Phi) is 4.97. The highest BCUT2D eigenvalue weighted by molar-refractivity contribution is 8.00. The number of hydrogen-bond acceptors (Lipinski definition) is 7. The summed E-state index contributed by atoms with van der Waals surface area (Å²) in [6.07, 6.45) is 2.79. The average molecular weight is 425 g/mol. The highest BCUT2D eigenvalue weighted by Gasteiger charge is 2.40. The molecule has 0 radical (unpaired) electrons. The summed E-state index contributed by atoms with van der Waals surface area (Å²) < 4.78 is 34.9. The Morgan fingerprint density at radius 2 is 2.19 bits per heavy atom. The van der Waals surface area contributed by atoms with Gasteiger partial charge < -0.3 is 5.11 Å². The van der Waals surface area contributed by atoms with Crippen molar-refractivity contribution in [1.82, 2.24) is 19.1 Å². The molecular weight excluding hydrogens is 410 g/mol. The van der Waals surface area contributed by atoms with Crippen LogP contribution in [0.5, 0.6) is 0 Å². The van der Waals surface area contributed by atoms with E-state index in [4.69, 9.17) is 0 Å². The third kappa shape index (κ3) is 3.49. The Labute approximate surface area is 165 Å². The zero-order chi connectivity index (χ0) is 19.0. The lowest BCUT2D eigenvalue weighted by Gasteiger charge is -2.34. The van der Waals surface area contributed by atoms with Crippen molar-refractivity contribution < 1.29 is 13.9 Å². The first-order valence-electron chi connectivity index (χ1n) is 7.96. The van der Waals surface area contributed by atoms with E-state index in [9.17, 15) is 13.9 Å². The predicted octanol–water partition coefficient (Wildman–Crippen LogP) is 4.30. The summed E-state index contributed by atoms with van der Waals surface area (Å²) in [4.78, 5) is 3.88. The molecule has 0 saturated carbocycles. The van der Waals surface area contributed by atoms with E-state index >= 15 is 0 Å². The lowest BCUT2D eigenvalue weighted by molar-refractivity contribution is 0.0133. The first-order chi connectivity index (χ1) is 13.0. The van der Waals surface area contributed by atoms with E-state index in [2.05, 4.69) is 14.5 Å². The van der Waals surface area contributed by atoms with Gasteiger partial charge in [-0.3, -0.25) is 0 Å². The third-order valence-corrected chi connectivity index (χ3v) is 7.41. The van der Waals surface area contributed by atoms with Crippen LogP contribution in [0, 0.1) is 11.6 Å². The van der Waals surface area contributed by atoms with Crippen molar-refractivity contribution in [3.8, 4) is 0 Å². The molecule has 0 fully saturated rings. The van der Waals surface area contributed by atoms with Crippen LogP contribution in [-0.2, 0) is 12.1 Å². The molecule has 27 heavy (non-hydrogen) atoms. The molecule has 140 valence electrons. The SMILES string of the molecule is CC(Sc1nsc2cscc12)C(O)(Cn1cncn1)c1ccc(F)cc1F. The fourth-order valence-corrected chi connectivity index (χ4v) is 5.93. The molecule has 0 aliphatic rings. The fourth-order valence-electron chi connectivity index (χ4n) is 2.84. The summed E-state index contributed by atoms with van der Waals surface area (Å²) >= 11 is 4.32. The molecule has 0 amide bonds. The van der Waals surface area contributed by atoms with Gasteiger partial charge in [-0.1, -0.05) is 17.8 Å². The van der Waals surface area contributed by atoms with Crippen molar-refractivity contribution in [3.63, 3.8) is 0 Å². The largest absolute Gasteiger partial charge is 0.382 e. The van der Waals surface area contributed by atoms with Crippen molar-refractivity contribution in [2.75, 3.05) is 0 Å². The van der Waals surface area contributed by atoms with Crippen LogP contribution in [0.4, 0.5) is 8.78 Å². The topological polar surface area (TPSA) is 63.8 Å². The number of fused-ring (bicyclic) bond motifs is 1. The molecule has 0 aliphatic heterocycles. The summed E-state index contributed by atoms with van der Waals surface area (Å²) in [5.41, 5.74) is -1.64. The number of benzene rings is 1. The number of rotatable bonds is 6. The van der Waals surface area contributed by atoms with Gasteiger partial charge in [0.25, 0.3) is 0 Å². The minimum absolute atomic E-state index is 0.0104. The zero-order valence-electron chi connectivity index (χ0n) is 14.0. The molecule has 2 atom stereocenters. The van der Waals surface area contributed by atoms with Crippen LogP contribution in [0.15, 0.2) is 46.6 Å². The Hall–Kier alpha value is -1.88. The Bertz CT molecular complexity index is 1070. The van der Waals surface area contributed by atoms with E-state index < -0.39 is 22.5 Å². The van der Waals surface area contributed by atoms with Gasteiger partial charge in [0, 0.05) is 33.0 Å². The summed E-state index contributed by atoms with van der Waals surface area (Å²) in [6, 6.07) is 3.20. The van der Waals surface area contributed by atoms with Crippen LogP contribution in [-0.4, -0.2) is 29.5 Å². The van der Waals surface area contributed by atoms with Crippen LogP contribution in [0.1, 0.15) is 12.5 Å². The molecule has 0 saturated heterocycles. The highest BCUT2D eigenvalue weighted by Crippen LogP contribution is 2.42. The maximum Gasteiger partial charge on any atom is 0.137 e. The summed E-state index contributed by atoms with van der Waals surface area (Å²) in [6.45, 7) is 1.77. The molecular formula is C17H14F2N4OS3. The van der Waals surface area contributed by atoms with E-state index in [1.165, 1.54) is 46.7 Å². The summed E-state index contributed by atoms with van der Waals surface area (Å²) in [5, 5.41) is 20.9. The van der Waals surface area contributed by atoms with Crippen molar-refractivity contribution >= 4 is 44.7 Å². The van der Waals surface area contributed by atoms with E-state index in [0.717, 1.165) is 27.2 Å². The normalized spacial score (nSPS) is 15.1. The van der Waals surface area contributed by atoms with Crippen LogP contribution in [0.3, 0.4) is 0 Å². The van der Waals surface area contributed by atoms with Gasteiger partial charge in [-0.15, -0.1) is 0 Å². The number of hydrogen-bond donors (Lipinski definition) is 1. The molecule has 0 aliphatic carbocycles. The van der Waals surface area contributed by atoms with Gasteiger partial charge in [0.2, 0.25) is 0 Å². The van der Waals surface area contributed by atoms with Gasteiger partial charge in [0.1, 0.15) is 34.9 Å². The van der Waals surface area contributed by atoms with Gasteiger partial charge in [-0.25, -0.2) is 18.4 Å². The molecule has 10 heteroatoms. The molecule has 2 unspecified atom stereocenters. The van der Waals surface area contributed by atoms with Gasteiger partial charge in [-0.05, 0) is 24.5 Å². The predicted molar refractivity (Wildman–Crippen MR) is 103 cm³/mol. The van der Waals surface area contributed by atoms with E-state index in [1.807, 2.05) is 10.8 Å². The molecule has 4 aromatic rings. The van der Waals surface area contributed by atoms with Gasteiger partial charge in [0.15, 0.2) is 0 Å². The molecule has 1 N–H and O–H groups in total. The number of halogens is 2. The van der Waals surface area contributed by atoms with Crippen molar-refractivity contribution in [3.05, 3.63) is 58.8 Å². The second kappa shape index (κ2) is 7.27. The Balaban J connectivity index is 1.73. The Morgan fingerprint density at radius 1 is 1.33 bits per heavy atom. The molecule has 5 nitrogen and oxygen atoms in total. The van der Waals surface area contributed by atoms with Gasteiger partial charge >= 0.3 is 0 Å². The van der Waals surface area contributed by atoms with Gasteiger partial charge in [-0.2, -0.15) is 20.8 Å². The first kappa shape index (κ1) is 18.5. The van der Waals surface area contributed by atoms with Crippen molar-refractivity contribution in [2.45, 2.75) is 29.3 Å². The van der Waals surface area contributed by atoms with Crippen LogP contribution >= 0.6 is 34.6 Å². The van der Waals surface area contributed by atoms with E-state index in [-0.39, 0.29) is 12.1 Å². The number of nitrogens with zero attached hydrogens (tertiary/aromatic N) is 4. The number of thiophene rings is 1. The zero-order valence-corrected chi connectivity index (χ0v) is 16.5. The second-order valence-corrected chi connectivity index (χ2v) is 8.92. The molecule has 0 bridgehead atoms. The summed E-state index contributed by atoms with van der Waals surface area (Å²) in [7, 11) is 0.